The maximum Gasteiger partial charge on any atom is 0.239 e. The van der Waals surface area contributed by atoms with Crippen LogP contribution in [-0.2, 0) is 11.2 Å². The fourth-order valence-corrected chi connectivity index (χ4v) is 2.85. The SMILES string of the molecule is C[C@H](N)C(=O)N(CCc1ccc(F)cc1)C1CCCC1.Cl. The topological polar surface area (TPSA) is 46.3 Å². The second-order valence-electron chi connectivity index (χ2n) is 5.64. The first kappa shape index (κ1) is 17.9. The molecule has 21 heavy (non-hydrogen) atoms. The number of rotatable bonds is 5. The highest BCUT2D eigenvalue weighted by Gasteiger charge is 2.27. The molecule has 2 rings (SSSR count). The Bertz CT molecular complexity index is 444. The van der Waals surface area contributed by atoms with Crippen LogP contribution in [-0.4, -0.2) is 29.4 Å². The van der Waals surface area contributed by atoms with Gasteiger partial charge in [-0.25, -0.2) is 4.39 Å². The van der Waals surface area contributed by atoms with Crippen LogP contribution < -0.4 is 5.73 Å². The summed E-state index contributed by atoms with van der Waals surface area (Å²) in [4.78, 5) is 14.2. The van der Waals surface area contributed by atoms with E-state index in [1.807, 2.05) is 4.90 Å². The summed E-state index contributed by atoms with van der Waals surface area (Å²) in [6.45, 7) is 2.40. The highest BCUT2D eigenvalue weighted by Crippen LogP contribution is 2.24. The first-order valence-corrected chi connectivity index (χ1v) is 7.38. The van der Waals surface area contributed by atoms with Crippen molar-refractivity contribution in [1.29, 1.82) is 0 Å². The lowest BCUT2D eigenvalue weighted by atomic mass is 10.1. The lowest BCUT2D eigenvalue weighted by Gasteiger charge is -2.30. The molecule has 1 aromatic carbocycles. The van der Waals surface area contributed by atoms with Crippen molar-refractivity contribution in [3.05, 3.63) is 35.6 Å². The molecule has 2 N–H and O–H groups in total. The van der Waals surface area contributed by atoms with Crippen molar-refractivity contribution in [2.24, 2.45) is 5.73 Å². The normalized spacial score (nSPS) is 16.3. The molecule has 0 aromatic heterocycles. The molecule has 0 spiro atoms. The Labute approximate surface area is 132 Å². The summed E-state index contributed by atoms with van der Waals surface area (Å²) >= 11 is 0. The molecule has 0 bridgehead atoms. The number of amides is 1. The molecular weight excluding hydrogens is 291 g/mol. The zero-order chi connectivity index (χ0) is 14.5. The number of hydrogen-bond donors (Lipinski definition) is 1. The van der Waals surface area contributed by atoms with Gasteiger partial charge in [0.15, 0.2) is 0 Å². The second kappa shape index (κ2) is 8.35. The maximum absolute atomic E-state index is 12.9. The van der Waals surface area contributed by atoms with Crippen molar-refractivity contribution in [3.8, 4) is 0 Å². The van der Waals surface area contributed by atoms with Crippen LogP contribution in [0.2, 0.25) is 0 Å². The molecule has 1 fully saturated rings. The average molecular weight is 315 g/mol. The zero-order valence-corrected chi connectivity index (χ0v) is 13.2. The molecule has 118 valence electrons. The van der Waals surface area contributed by atoms with E-state index in [9.17, 15) is 9.18 Å². The molecule has 0 saturated heterocycles. The fraction of sp³-hybridized carbons (Fsp3) is 0.562. The Kier molecular flexibility index (Phi) is 7.12. The molecule has 1 amide bonds. The summed E-state index contributed by atoms with van der Waals surface area (Å²) in [6.07, 6.45) is 5.26. The molecule has 0 unspecified atom stereocenters. The molecular formula is C16H24ClFN2O. The molecule has 1 saturated carbocycles. The van der Waals surface area contributed by atoms with Crippen LogP contribution in [0.4, 0.5) is 4.39 Å². The summed E-state index contributed by atoms with van der Waals surface area (Å²) in [7, 11) is 0. The standard InChI is InChI=1S/C16H23FN2O.ClH/c1-12(18)16(20)19(15-4-2-3-5-15)11-10-13-6-8-14(17)9-7-13;/h6-9,12,15H,2-5,10-11,18H2,1H3;1H/t12-;/m0./s1. The van der Waals surface area contributed by atoms with Crippen molar-refractivity contribution in [2.45, 2.75) is 51.1 Å². The van der Waals surface area contributed by atoms with Crippen molar-refractivity contribution in [1.82, 2.24) is 4.90 Å². The zero-order valence-electron chi connectivity index (χ0n) is 12.4. The largest absolute Gasteiger partial charge is 0.338 e. The van der Waals surface area contributed by atoms with Crippen molar-refractivity contribution in [3.63, 3.8) is 0 Å². The van der Waals surface area contributed by atoms with Gasteiger partial charge in [0.2, 0.25) is 5.91 Å². The van der Waals surface area contributed by atoms with E-state index >= 15 is 0 Å². The summed E-state index contributed by atoms with van der Waals surface area (Å²) < 4.78 is 12.9. The Hall–Kier alpha value is -1.13. The maximum atomic E-state index is 12.9. The summed E-state index contributed by atoms with van der Waals surface area (Å²) in [5.41, 5.74) is 6.80. The lowest BCUT2D eigenvalue weighted by Crippen LogP contribution is -2.47. The number of benzene rings is 1. The molecule has 0 aliphatic heterocycles. The third-order valence-corrected chi connectivity index (χ3v) is 3.99. The Balaban J connectivity index is 0.00000220. The number of nitrogens with zero attached hydrogens (tertiary/aromatic N) is 1. The van der Waals surface area contributed by atoms with Gasteiger partial charge < -0.3 is 10.6 Å². The summed E-state index contributed by atoms with van der Waals surface area (Å²) in [6, 6.07) is 6.35. The number of halogens is 2. The predicted molar refractivity (Wildman–Crippen MR) is 85.0 cm³/mol. The quantitative estimate of drug-likeness (QED) is 0.908. The second-order valence-corrected chi connectivity index (χ2v) is 5.64. The molecule has 1 atom stereocenters. The van der Waals surface area contributed by atoms with Crippen LogP contribution >= 0.6 is 12.4 Å². The summed E-state index contributed by atoms with van der Waals surface area (Å²) in [5, 5.41) is 0. The molecule has 1 aliphatic rings. The van der Waals surface area contributed by atoms with Crippen molar-refractivity contribution >= 4 is 18.3 Å². The Morgan fingerprint density at radius 3 is 2.43 bits per heavy atom. The van der Waals surface area contributed by atoms with Crippen LogP contribution in [0.25, 0.3) is 0 Å². The van der Waals surface area contributed by atoms with Crippen LogP contribution in [0.3, 0.4) is 0 Å². The highest BCUT2D eigenvalue weighted by molar-refractivity contribution is 5.85. The fourth-order valence-electron chi connectivity index (χ4n) is 2.85. The molecule has 0 heterocycles. The van der Waals surface area contributed by atoms with E-state index in [2.05, 4.69) is 0 Å². The minimum Gasteiger partial charge on any atom is -0.338 e. The molecule has 1 aromatic rings. The molecule has 1 aliphatic carbocycles. The lowest BCUT2D eigenvalue weighted by molar-refractivity contribution is -0.134. The van der Waals surface area contributed by atoms with E-state index < -0.39 is 6.04 Å². The van der Waals surface area contributed by atoms with Crippen LogP contribution in [0, 0.1) is 5.82 Å². The number of carbonyl (C=O) groups excluding carboxylic acids is 1. The van der Waals surface area contributed by atoms with Gasteiger partial charge in [-0.15, -0.1) is 12.4 Å². The third-order valence-electron chi connectivity index (χ3n) is 3.99. The number of carbonyl (C=O) groups is 1. The van der Waals surface area contributed by atoms with Gasteiger partial charge >= 0.3 is 0 Å². The minimum atomic E-state index is -0.455. The van der Waals surface area contributed by atoms with Crippen LogP contribution in [0.5, 0.6) is 0 Å². The Morgan fingerprint density at radius 2 is 1.90 bits per heavy atom. The van der Waals surface area contributed by atoms with Crippen molar-refractivity contribution in [2.75, 3.05) is 6.54 Å². The molecule has 0 radical (unpaired) electrons. The van der Waals surface area contributed by atoms with Crippen LogP contribution in [0.15, 0.2) is 24.3 Å². The molecule has 5 heteroatoms. The van der Waals surface area contributed by atoms with Crippen molar-refractivity contribution < 1.29 is 9.18 Å². The summed E-state index contributed by atoms with van der Waals surface area (Å²) in [5.74, 6) is -0.202. The van der Waals surface area contributed by atoms with Gasteiger partial charge in [-0.2, -0.15) is 0 Å². The van der Waals surface area contributed by atoms with Gasteiger partial charge in [0.05, 0.1) is 6.04 Å². The third kappa shape index (κ3) is 4.97. The van der Waals surface area contributed by atoms with Gasteiger partial charge in [0.1, 0.15) is 5.82 Å². The van der Waals surface area contributed by atoms with Gasteiger partial charge in [-0.1, -0.05) is 25.0 Å². The van der Waals surface area contributed by atoms with Crippen LogP contribution in [0.1, 0.15) is 38.2 Å². The average Bonchev–Trinajstić information content (AvgIpc) is 2.94. The smallest absolute Gasteiger partial charge is 0.239 e. The van der Waals surface area contributed by atoms with E-state index in [-0.39, 0.29) is 24.1 Å². The van der Waals surface area contributed by atoms with E-state index in [0.29, 0.717) is 12.6 Å². The molecule has 3 nitrogen and oxygen atoms in total. The number of nitrogens with two attached hydrogens (primary N) is 1. The minimum absolute atomic E-state index is 0. The van der Waals surface area contributed by atoms with E-state index in [1.54, 1.807) is 19.1 Å². The predicted octanol–water partition coefficient (Wildman–Crippen LogP) is 2.91. The first-order chi connectivity index (χ1) is 9.58. The van der Waals surface area contributed by atoms with Gasteiger partial charge in [-0.3, -0.25) is 4.79 Å². The van der Waals surface area contributed by atoms with Gasteiger partial charge in [0, 0.05) is 12.6 Å². The number of hydrogen-bond acceptors (Lipinski definition) is 2. The van der Waals surface area contributed by atoms with E-state index in [0.717, 1.165) is 24.8 Å². The first-order valence-electron chi connectivity index (χ1n) is 7.38. The Morgan fingerprint density at radius 1 is 1.33 bits per heavy atom. The monoisotopic (exact) mass is 314 g/mol. The van der Waals surface area contributed by atoms with Gasteiger partial charge in [0.25, 0.3) is 0 Å². The van der Waals surface area contributed by atoms with Gasteiger partial charge in [-0.05, 0) is 43.9 Å². The van der Waals surface area contributed by atoms with E-state index in [1.165, 1.54) is 25.0 Å². The highest BCUT2D eigenvalue weighted by atomic mass is 35.5. The van der Waals surface area contributed by atoms with E-state index in [4.69, 9.17) is 5.73 Å².